The second-order valence-electron chi connectivity index (χ2n) is 14.7. The second kappa shape index (κ2) is 15.8. The largest absolute Gasteiger partial charge is 0.342 e. The van der Waals surface area contributed by atoms with Gasteiger partial charge in [-0.15, -0.1) is 12.4 Å². The van der Waals surface area contributed by atoms with Gasteiger partial charge in [-0.3, -0.25) is 19.6 Å². The quantitative estimate of drug-likeness (QED) is 0.374. The molecular weight excluding hydrogens is 662 g/mol. The monoisotopic (exact) mass is 717 g/mol. The fourth-order valence-corrected chi connectivity index (χ4v) is 10.0. The number of piperazine rings is 2. The lowest BCUT2D eigenvalue weighted by atomic mass is 9.78. The van der Waals surface area contributed by atoms with E-state index in [0.717, 1.165) is 67.7 Å². The van der Waals surface area contributed by atoms with Gasteiger partial charge in [-0.1, -0.05) is 57.6 Å². The first-order valence-corrected chi connectivity index (χ1v) is 19.7. The van der Waals surface area contributed by atoms with Gasteiger partial charge in [0.2, 0.25) is 21.8 Å². The molecule has 1 spiro atoms. The molecule has 2 atom stereocenters. The number of nitrogens with one attached hydrogen (secondary N) is 2. The highest BCUT2D eigenvalue weighted by Gasteiger charge is 2.54. The van der Waals surface area contributed by atoms with Crippen LogP contribution in [0.2, 0.25) is 0 Å². The summed E-state index contributed by atoms with van der Waals surface area (Å²) in [6.45, 7) is 10.4. The van der Waals surface area contributed by atoms with Gasteiger partial charge < -0.3 is 15.1 Å². The molecule has 2 aromatic rings. The van der Waals surface area contributed by atoms with Crippen LogP contribution in [0.4, 0.5) is 0 Å². The van der Waals surface area contributed by atoms with E-state index in [1.165, 1.54) is 19.3 Å². The number of aromatic nitrogens is 2. The van der Waals surface area contributed by atoms with Gasteiger partial charge in [0.25, 0.3) is 0 Å². The van der Waals surface area contributed by atoms with Crippen LogP contribution in [-0.2, 0) is 19.6 Å². The highest BCUT2D eigenvalue weighted by atomic mass is 35.5. The predicted octanol–water partition coefficient (Wildman–Crippen LogP) is 4.41. The summed E-state index contributed by atoms with van der Waals surface area (Å²) in [4.78, 5) is 35.0. The van der Waals surface area contributed by atoms with Crippen LogP contribution in [0.5, 0.6) is 0 Å². The third-order valence-corrected chi connectivity index (χ3v) is 13.5. The first-order chi connectivity index (χ1) is 23.0. The number of rotatable bonds is 10. The Morgan fingerprint density at radius 1 is 0.959 bits per heavy atom. The number of hydrogen-bond acceptors (Lipinski definition) is 7. The van der Waals surface area contributed by atoms with Crippen LogP contribution in [0.1, 0.15) is 99.7 Å². The van der Waals surface area contributed by atoms with Crippen molar-refractivity contribution in [2.24, 2.45) is 5.92 Å². The van der Waals surface area contributed by atoms with Crippen molar-refractivity contribution >= 4 is 34.2 Å². The van der Waals surface area contributed by atoms with Crippen molar-refractivity contribution in [2.45, 2.75) is 107 Å². The van der Waals surface area contributed by atoms with Crippen LogP contribution >= 0.6 is 12.4 Å². The van der Waals surface area contributed by atoms with Crippen molar-refractivity contribution in [3.05, 3.63) is 46.8 Å². The fraction of sp³-hybridized carbons (Fsp3) is 0.694. The molecule has 3 aliphatic heterocycles. The third-order valence-electron chi connectivity index (χ3n) is 11.6. The summed E-state index contributed by atoms with van der Waals surface area (Å²) >= 11 is 0. The number of carbonyl (C=O) groups excluding carboxylic acids is 2. The lowest BCUT2D eigenvalue weighted by Gasteiger charge is -2.53. The van der Waals surface area contributed by atoms with Crippen LogP contribution in [-0.4, -0.2) is 114 Å². The number of likely N-dealkylation sites (tertiary alicyclic amines) is 1. The Bertz CT molecular complexity index is 1520. The smallest absolute Gasteiger partial charge is 0.246 e. The zero-order valence-electron chi connectivity index (χ0n) is 29.7. The van der Waals surface area contributed by atoms with E-state index in [-0.39, 0.29) is 30.3 Å². The summed E-state index contributed by atoms with van der Waals surface area (Å²) in [7, 11) is -1.58. The molecule has 1 aliphatic carbocycles. The number of carbonyl (C=O) groups is 2. The van der Waals surface area contributed by atoms with Crippen molar-refractivity contribution in [1.29, 1.82) is 0 Å². The van der Waals surface area contributed by atoms with E-state index >= 15 is 0 Å². The average Bonchev–Trinajstić information content (AvgIpc) is 3.42. The Hall–Kier alpha value is -2.51. The van der Waals surface area contributed by atoms with E-state index in [4.69, 9.17) is 0 Å². The number of aryl methyl sites for hydroxylation is 2. The van der Waals surface area contributed by atoms with E-state index in [2.05, 4.69) is 32.2 Å². The molecule has 2 amide bonds. The van der Waals surface area contributed by atoms with Crippen molar-refractivity contribution < 1.29 is 18.0 Å². The molecule has 49 heavy (non-hydrogen) atoms. The summed E-state index contributed by atoms with van der Waals surface area (Å²) in [6.07, 6.45) is 9.66. The number of unbranched alkanes of at least 4 members (excludes halogenated alkanes) is 1. The number of H-pyrrole nitrogens is 1. The minimum absolute atomic E-state index is 0. The van der Waals surface area contributed by atoms with Gasteiger partial charge in [0.15, 0.2) is 0 Å². The Morgan fingerprint density at radius 2 is 1.61 bits per heavy atom. The Labute approximate surface area is 299 Å². The number of amides is 2. The fourth-order valence-electron chi connectivity index (χ4n) is 8.60. The van der Waals surface area contributed by atoms with Gasteiger partial charge in [0.05, 0.1) is 16.6 Å². The lowest BCUT2D eigenvalue weighted by Crippen LogP contribution is -2.73. The third kappa shape index (κ3) is 7.59. The molecule has 4 heterocycles. The molecule has 0 radical (unpaired) electrons. The van der Waals surface area contributed by atoms with E-state index in [0.29, 0.717) is 56.4 Å². The van der Waals surface area contributed by atoms with Crippen LogP contribution < -0.4 is 5.32 Å². The maximum Gasteiger partial charge on any atom is 0.246 e. The van der Waals surface area contributed by atoms with Crippen molar-refractivity contribution in [3.8, 4) is 0 Å². The highest BCUT2D eigenvalue weighted by Crippen LogP contribution is 2.41. The molecule has 11 nitrogen and oxygen atoms in total. The van der Waals surface area contributed by atoms with Crippen molar-refractivity contribution in [3.63, 3.8) is 0 Å². The first-order valence-electron chi connectivity index (χ1n) is 18.2. The summed E-state index contributed by atoms with van der Waals surface area (Å²) in [6, 6.07) is 6.74. The number of benzene rings is 1. The van der Waals surface area contributed by atoms with Gasteiger partial charge in [-0.05, 0) is 70.2 Å². The summed E-state index contributed by atoms with van der Waals surface area (Å²) < 4.78 is 28.6. The Balaban J connectivity index is 0.00000468. The van der Waals surface area contributed by atoms with Crippen LogP contribution in [0.15, 0.2) is 29.2 Å². The average molecular weight is 718 g/mol. The second-order valence-corrected chi connectivity index (χ2v) is 16.6. The first kappa shape index (κ1) is 37.7. The zero-order chi connectivity index (χ0) is 34.1. The summed E-state index contributed by atoms with van der Waals surface area (Å²) in [5.74, 6) is 0.601. The maximum atomic E-state index is 14.1. The number of hydrogen-bond donors (Lipinski definition) is 2. The minimum atomic E-state index is -3.59. The number of sulfonamides is 1. The minimum Gasteiger partial charge on any atom is -0.342 e. The molecule has 1 saturated carbocycles. The number of nitrogens with zero attached hydrogens (tertiary/aromatic N) is 5. The number of piperidine rings is 1. The lowest BCUT2D eigenvalue weighted by molar-refractivity contribution is -0.162. The normalized spacial score (nSPS) is 23.8. The summed E-state index contributed by atoms with van der Waals surface area (Å²) in [5, 5.41) is 10.9. The predicted molar refractivity (Wildman–Crippen MR) is 193 cm³/mol. The van der Waals surface area contributed by atoms with Crippen molar-refractivity contribution in [2.75, 3.05) is 52.9 Å². The SMILES string of the molecule is CCCCN1C(=O)[C@H](CC2CCCCC2)NC(=O)C12CCN(C(c1ccc(S(=O)(=O)N3CCN(C)CC3)cc1)c1c(C)n[nH]c1C)CC2.Cl. The maximum absolute atomic E-state index is 14.1. The van der Waals surface area contributed by atoms with E-state index in [9.17, 15) is 18.0 Å². The van der Waals surface area contributed by atoms with E-state index in [1.54, 1.807) is 16.4 Å². The standard InChI is InChI=1S/C36H55N7O4S.ClH/c1-5-6-18-43-34(44)31(25-28-10-8-7-9-11-28)37-35(45)36(43)16-19-41(20-17-36)33(32-26(2)38-39-27(32)3)29-12-14-30(15-13-29)48(46,47)42-23-21-40(4)22-24-42;/h12-15,28,31,33H,5-11,16-25H2,1-4H3,(H,37,45)(H,38,39);1H/t31-,33?;/m0./s1. The van der Waals surface area contributed by atoms with Crippen LogP contribution in [0, 0.1) is 19.8 Å². The Morgan fingerprint density at radius 3 is 2.20 bits per heavy atom. The molecule has 272 valence electrons. The molecule has 3 saturated heterocycles. The van der Waals surface area contributed by atoms with Gasteiger partial charge in [-0.2, -0.15) is 9.40 Å². The number of halogens is 1. The van der Waals surface area contributed by atoms with E-state index < -0.39 is 21.6 Å². The zero-order valence-corrected chi connectivity index (χ0v) is 31.4. The molecule has 2 N–H and O–H groups in total. The number of likely N-dealkylation sites (N-methyl/N-ethyl adjacent to an activating group) is 1. The molecule has 0 bridgehead atoms. The molecule has 4 fully saturated rings. The topological polar surface area (TPSA) is 122 Å². The molecule has 4 aliphatic rings. The molecule has 13 heteroatoms. The molecule has 6 rings (SSSR count). The highest BCUT2D eigenvalue weighted by molar-refractivity contribution is 7.89. The van der Waals surface area contributed by atoms with Crippen LogP contribution in [0.3, 0.4) is 0 Å². The molecule has 1 aromatic heterocycles. The number of aromatic amines is 1. The van der Waals surface area contributed by atoms with E-state index in [1.807, 2.05) is 37.9 Å². The molecule has 1 unspecified atom stereocenters. The summed E-state index contributed by atoms with van der Waals surface area (Å²) in [5.41, 5.74) is 3.06. The Kier molecular flexibility index (Phi) is 12.2. The van der Waals surface area contributed by atoms with Gasteiger partial charge >= 0.3 is 0 Å². The molecular formula is C36H56ClN7O4S. The van der Waals surface area contributed by atoms with Gasteiger partial charge in [-0.25, -0.2) is 8.42 Å². The van der Waals surface area contributed by atoms with Gasteiger partial charge in [0, 0.05) is 57.1 Å². The van der Waals surface area contributed by atoms with Gasteiger partial charge in [0.1, 0.15) is 11.6 Å². The molecule has 1 aromatic carbocycles. The van der Waals surface area contributed by atoms with Crippen LogP contribution in [0.25, 0.3) is 0 Å². The van der Waals surface area contributed by atoms with Crippen molar-refractivity contribution in [1.82, 2.24) is 34.5 Å².